The highest BCUT2D eigenvalue weighted by molar-refractivity contribution is 5.94. The second kappa shape index (κ2) is 8.63. The lowest BCUT2D eigenvalue weighted by Gasteiger charge is -2.09. The minimum absolute atomic E-state index is 0.0287. The van der Waals surface area contributed by atoms with E-state index in [1.54, 1.807) is 18.2 Å². The van der Waals surface area contributed by atoms with Gasteiger partial charge in [0.1, 0.15) is 11.4 Å². The number of nitrogens with one attached hydrogen (secondary N) is 1. The number of ether oxygens (including phenoxy) is 2. The fourth-order valence-corrected chi connectivity index (χ4v) is 2.51. The zero-order valence-corrected chi connectivity index (χ0v) is 14.7. The summed E-state index contributed by atoms with van der Waals surface area (Å²) < 4.78 is 10.2. The maximum absolute atomic E-state index is 11.9. The van der Waals surface area contributed by atoms with E-state index in [9.17, 15) is 19.7 Å². The molecule has 0 unspecified atom stereocenters. The molecule has 0 bridgehead atoms. The molecule has 28 heavy (non-hydrogen) atoms. The smallest absolute Gasteiger partial charge is 0.344 e. The fraction of sp³-hybridized carbons (Fsp3) is 0.100. The Morgan fingerprint density at radius 1 is 0.929 bits per heavy atom. The minimum atomic E-state index is -0.731. The molecule has 3 aromatic rings. The second-order valence-electron chi connectivity index (χ2n) is 5.78. The minimum Gasteiger partial charge on any atom is -0.482 e. The molecule has 0 aliphatic rings. The van der Waals surface area contributed by atoms with Crippen LogP contribution in [0.25, 0.3) is 10.8 Å². The summed E-state index contributed by atoms with van der Waals surface area (Å²) in [5.74, 6) is -0.917. The number of amides is 1. The van der Waals surface area contributed by atoms with Crippen molar-refractivity contribution in [3.05, 3.63) is 76.8 Å². The van der Waals surface area contributed by atoms with E-state index in [4.69, 9.17) is 9.47 Å². The molecule has 8 nitrogen and oxygen atoms in total. The Morgan fingerprint density at radius 2 is 1.64 bits per heavy atom. The predicted octanol–water partition coefficient (Wildman–Crippen LogP) is 3.31. The number of nitro groups is 1. The van der Waals surface area contributed by atoms with E-state index in [-0.39, 0.29) is 18.0 Å². The molecule has 1 amide bonds. The van der Waals surface area contributed by atoms with Gasteiger partial charge in [-0.15, -0.1) is 0 Å². The molecule has 0 saturated carbocycles. The van der Waals surface area contributed by atoms with Gasteiger partial charge in [0, 0.05) is 6.07 Å². The van der Waals surface area contributed by atoms with Crippen molar-refractivity contribution in [2.45, 2.75) is 0 Å². The number of nitro benzene ring substituents is 1. The van der Waals surface area contributed by atoms with Crippen molar-refractivity contribution in [1.82, 2.24) is 0 Å². The van der Waals surface area contributed by atoms with Crippen LogP contribution in [0.3, 0.4) is 0 Å². The first-order valence-electron chi connectivity index (χ1n) is 8.33. The molecule has 0 saturated heterocycles. The van der Waals surface area contributed by atoms with Gasteiger partial charge >= 0.3 is 5.97 Å². The monoisotopic (exact) mass is 380 g/mol. The number of hydrogen-bond donors (Lipinski definition) is 1. The maximum Gasteiger partial charge on any atom is 0.344 e. The summed E-state index contributed by atoms with van der Waals surface area (Å²) in [4.78, 5) is 33.9. The van der Waals surface area contributed by atoms with Gasteiger partial charge in [-0.1, -0.05) is 42.5 Å². The average Bonchev–Trinajstić information content (AvgIpc) is 2.70. The molecule has 0 aliphatic carbocycles. The Bertz CT molecular complexity index is 1030. The summed E-state index contributed by atoms with van der Waals surface area (Å²) >= 11 is 0. The van der Waals surface area contributed by atoms with Crippen molar-refractivity contribution in [2.75, 3.05) is 18.5 Å². The number of carbonyl (C=O) groups excluding carboxylic acids is 2. The van der Waals surface area contributed by atoms with E-state index < -0.39 is 23.4 Å². The normalized spacial score (nSPS) is 10.3. The van der Waals surface area contributed by atoms with Gasteiger partial charge in [0.05, 0.1) is 4.92 Å². The molecule has 3 aromatic carbocycles. The SMILES string of the molecule is O=C(COC(=O)COc1ccc2ccccc2c1)Nc1ccccc1[N+](=O)[O-]. The summed E-state index contributed by atoms with van der Waals surface area (Å²) in [6.07, 6.45) is 0. The van der Waals surface area contributed by atoms with E-state index in [2.05, 4.69) is 5.32 Å². The Labute approximate surface area is 159 Å². The highest BCUT2D eigenvalue weighted by Crippen LogP contribution is 2.23. The molecule has 8 heteroatoms. The molecule has 0 spiro atoms. The topological polar surface area (TPSA) is 108 Å². The first kappa shape index (κ1) is 18.8. The molecular formula is C20H16N2O6. The van der Waals surface area contributed by atoms with Gasteiger partial charge in [-0.25, -0.2) is 4.79 Å². The van der Waals surface area contributed by atoms with Crippen LogP contribution < -0.4 is 10.1 Å². The van der Waals surface area contributed by atoms with Gasteiger partial charge in [0.15, 0.2) is 13.2 Å². The van der Waals surface area contributed by atoms with E-state index >= 15 is 0 Å². The number of anilines is 1. The van der Waals surface area contributed by atoms with Crippen LogP contribution in [0.2, 0.25) is 0 Å². The van der Waals surface area contributed by atoms with E-state index in [0.29, 0.717) is 5.75 Å². The van der Waals surface area contributed by atoms with Crippen LogP contribution in [0.15, 0.2) is 66.7 Å². The number of rotatable bonds is 7. The van der Waals surface area contributed by atoms with Gasteiger partial charge in [0.2, 0.25) is 0 Å². The molecule has 0 aliphatic heterocycles. The Morgan fingerprint density at radius 3 is 2.43 bits per heavy atom. The molecule has 0 aromatic heterocycles. The summed E-state index contributed by atoms with van der Waals surface area (Å²) in [7, 11) is 0. The van der Waals surface area contributed by atoms with Crippen LogP contribution in [0, 0.1) is 10.1 Å². The van der Waals surface area contributed by atoms with Gasteiger partial charge in [-0.05, 0) is 29.0 Å². The van der Waals surface area contributed by atoms with Crippen LogP contribution >= 0.6 is 0 Å². The van der Waals surface area contributed by atoms with Crippen molar-refractivity contribution >= 4 is 34.0 Å². The van der Waals surface area contributed by atoms with Crippen LogP contribution in [0.4, 0.5) is 11.4 Å². The third kappa shape index (κ3) is 4.82. The van der Waals surface area contributed by atoms with E-state index in [1.165, 1.54) is 18.2 Å². The van der Waals surface area contributed by atoms with Crippen molar-refractivity contribution in [3.8, 4) is 5.75 Å². The van der Waals surface area contributed by atoms with E-state index in [1.807, 2.05) is 30.3 Å². The Kier molecular flexibility index (Phi) is 5.81. The highest BCUT2D eigenvalue weighted by atomic mass is 16.6. The quantitative estimate of drug-likeness (QED) is 0.383. The standard InChI is InChI=1S/C20H16N2O6/c23-19(21-17-7-3-4-8-18(17)22(25)26)12-28-20(24)13-27-16-10-9-14-5-1-2-6-15(14)11-16/h1-11H,12-13H2,(H,21,23). The zero-order chi connectivity index (χ0) is 19.9. The number of esters is 1. The lowest BCUT2D eigenvalue weighted by molar-refractivity contribution is -0.383. The maximum atomic E-state index is 11.9. The number of para-hydroxylation sites is 2. The lowest BCUT2D eigenvalue weighted by Crippen LogP contribution is -2.24. The van der Waals surface area contributed by atoms with Gasteiger partial charge in [-0.3, -0.25) is 14.9 Å². The lowest BCUT2D eigenvalue weighted by atomic mass is 10.1. The van der Waals surface area contributed by atoms with Crippen LogP contribution in [0.5, 0.6) is 5.75 Å². The number of benzene rings is 3. The largest absolute Gasteiger partial charge is 0.482 e. The van der Waals surface area contributed by atoms with Crippen LogP contribution in [-0.4, -0.2) is 30.0 Å². The van der Waals surface area contributed by atoms with Gasteiger partial charge < -0.3 is 14.8 Å². The van der Waals surface area contributed by atoms with Crippen molar-refractivity contribution in [1.29, 1.82) is 0 Å². The third-order valence-electron chi connectivity index (χ3n) is 3.82. The highest BCUT2D eigenvalue weighted by Gasteiger charge is 2.16. The number of fused-ring (bicyclic) bond motifs is 1. The number of nitrogens with zero attached hydrogens (tertiary/aromatic N) is 1. The zero-order valence-electron chi connectivity index (χ0n) is 14.7. The van der Waals surface area contributed by atoms with Gasteiger partial charge in [-0.2, -0.15) is 0 Å². The van der Waals surface area contributed by atoms with Gasteiger partial charge in [0.25, 0.3) is 11.6 Å². The fourth-order valence-electron chi connectivity index (χ4n) is 2.51. The molecule has 0 radical (unpaired) electrons. The number of hydrogen-bond acceptors (Lipinski definition) is 6. The van der Waals surface area contributed by atoms with Crippen LogP contribution in [-0.2, 0) is 14.3 Å². The second-order valence-corrected chi connectivity index (χ2v) is 5.78. The first-order valence-corrected chi connectivity index (χ1v) is 8.33. The Balaban J connectivity index is 1.48. The number of carbonyl (C=O) groups is 2. The molecule has 0 atom stereocenters. The Hall–Kier alpha value is -3.94. The van der Waals surface area contributed by atoms with E-state index in [0.717, 1.165) is 10.8 Å². The van der Waals surface area contributed by atoms with Crippen molar-refractivity contribution < 1.29 is 24.0 Å². The van der Waals surface area contributed by atoms with Crippen LogP contribution in [0.1, 0.15) is 0 Å². The molecule has 0 fully saturated rings. The third-order valence-corrected chi connectivity index (χ3v) is 3.82. The molecule has 0 heterocycles. The van der Waals surface area contributed by atoms with Crippen molar-refractivity contribution in [3.63, 3.8) is 0 Å². The molecule has 3 rings (SSSR count). The average molecular weight is 380 g/mol. The first-order chi connectivity index (χ1) is 13.5. The molecule has 1 N–H and O–H groups in total. The summed E-state index contributed by atoms with van der Waals surface area (Å²) in [5, 5.41) is 15.3. The summed E-state index contributed by atoms with van der Waals surface area (Å²) in [5.41, 5.74) is -0.220. The van der Waals surface area contributed by atoms with Crippen molar-refractivity contribution in [2.24, 2.45) is 0 Å². The molecule has 142 valence electrons. The summed E-state index contributed by atoms with van der Waals surface area (Å²) in [6.45, 7) is -0.941. The summed E-state index contributed by atoms with van der Waals surface area (Å²) in [6, 6.07) is 18.8. The molecular weight excluding hydrogens is 364 g/mol. The predicted molar refractivity (Wildman–Crippen MR) is 102 cm³/mol.